The van der Waals surface area contributed by atoms with Crippen LogP contribution in [0, 0.1) is 5.92 Å². The number of amides is 1. The number of aliphatic hydroxyl groups excluding tert-OH is 1. The molecule has 1 aromatic rings. The molecule has 0 bridgehead atoms. The Morgan fingerprint density at radius 3 is 2.76 bits per heavy atom. The zero-order valence-electron chi connectivity index (χ0n) is 14.8. The molecular weight excluding hydrogens is 320 g/mol. The highest BCUT2D eigenvalue weighted by Crippen LogP contribution is 2.33. The molecule has 0 saturated heterocycles. The summed E-state index contributed by atoms with van der Waals surface area (Å²) >= 11 is 0. The van der Waals surface area contributed by atoms with Crippen molar-refractivity contribution in [2.24, 2.45) is 11.7 Å². The Morgan fingerprint density at radius 1 is 1.28 bits per heavy atom. The summed E-state index contributed by atoms with van der Waals surface area (Å²) in [5.41, 5.74) is 7.04. The Kier molecular flexibility index (Phi) is 5.81. The maximum atomic E-state index is 12.5. The molecule has 0 aromatic heterocycles. The van der Waals surface area contributed by atoms with Crippen LogP contribution < -0.4 is 15.2 Å². The summed E-state index contributed by atoms with van der Waals surface area (Å²) < 4.78 is 10.6. The Morgan fingerprint density at radius 2 is 2.00 bits per heavy atom. The van der Waals surface area contributed by atoms with Gasteiger partial charge in [-0.3, -0.25) is 4.79 Å². The fourth-order valence-corrected chi connectivity index (χ4v) is 3.74. The Bertz CT molecular complexity index is 601. The van der Waals surface area contributed by atoms with Crippen molar-refractivity contribution in [3.05, 3.63) is 23.8 Å². The first kappa shape index (κ1) is 18.0. The van der Waals surface area contributed by atoms with E-state index in [0.717, 1.165) is 18.4 Å². The molecule has 6 heteroatoms. The lowest BCUT2D eigenvalue weighted by Crippen LogP contribution is -2.47. The van der Waals surface area contributed by atoms with E-state index in [1.54, 1.807) is 7.05 Å². The predicted octanol–water partition coefficient (Wildman–Crippen LogP) is 2.03. The Balaban J connectivity index is 1.53. The standard InChI is InChI=1S/C19H28N2O4/c1-21(11-14-7-8-16-17(10-14)25-12-24-16)19(23)18(22)15(20)9-13-5-3-2-4-6-13/h7-8,10,13,15,18,22H,2-6,9,11-12,20H2,1H3/t15-,18?/m1/s1. The van der Waals surface area contributed by atoms with Crippen LogP contribution in [0.1, 0.15) is 44.1 Å². The number of carbonyl (C=O) groups excluding carboxylic acids is 1. The summed E-state index contributed by atoms with van der Waals surface area (Å²) in [4.78, 5) is 14.0. The number of nitrogens with two attached hydrogens (primary N) is 1. The maximum absolute atomic E-state index is 12.5. The molecule has 1 aliphatic carbocycles. The lowest BCUT2D eigenvalue weighted by molar-refractivity contribution is -0.140. The van der Waals surface area contributed by atoms with Crippen molar-refractivity contribution in [3.8, 4) is 11.5 Å². The van der Waals surface area contributed by atoms with E-state index in [9.17, 15) is 9.90 Å². The molecule has 25 heavy (non-hydrogen) atoms. The molecule has 1 amide bonds. The molecular formula is C19H28N2O4. The zero-order chi connectivity index (χ0) is 17.8. The summed E-state index contributed by atoms with van der Waals surface area (Å²) in [6.45, 7) is 0.616. The van der Waals surface area contributed by atoms with Gasteiger partial charge in [0.25, 0.3) is 5.91 Å². The van der Waals surface area contributed by atoms with Crippen molar-refractivity contribution in [2.45, 2.75) is 57.2 Å². The zero-order valence-corrected chi connectivity index (χ0v) is 14.8. The van der Waals surface area contributed by atoms with Gasteiger partial charge in [0.15, 0.2) is 11.5 Å². The fourth-order valence-electron chi connectivity index (χ4n) is 3.74. The molecule has 1 saturated carbocycles. The predicted molar refractivity (Wildman–Crippen MR) is 94.2 cm³/mol. The SMILES string of the molecule is CN(Cc1ccc2c(c1)OCO2)C(=O)C(O)[C@H](N)CC1CCCCC1. The molecule has 1 unspecified atom stereocenters. The van der Waals surface area contributed by atoms with Gasteiger partial charge < -0.3 is 25.2 Å². The monoisotopic (exact) mass is 348 g/mol. The first-order valence-electron chi connectivity index (χ1n) is 9.11. The van der Waals surface area contributed by atoms with Crippen LogP contribution in [0.5, 0.6) is 11.5 Å². The van der Waals surface area contributed by atoms with Crippen LogP contribution in [0.3, 0.4) is 0 Å². The van der Waals surface area contributed by atoms with Crippen molar-refractivity contribution in [1.82, 2.24) is 4.90 Å². The third-order valence-electron chi connectivity index (χ3n) is 5.22. The minimum absolute atomic E-state index is 0.224. The van der Waals surface area contributed by atoms with Gasteiger partial charge in [-0.25, -0.2) is 0 Å². The highest BCUT2D eigenvalue weighted by atomic mass is 16.7. The maximum Gasteiger partial charge on any atom is 0.253 e. The number of hydrogen-bond acceptors (Lipinski definition) is 5. The van der Waals surface area contributed by atoms with E-state index in [-0.39, 0.29) is 12.7 Å². The highest BCUT2D eigenvalue weighted by Gasteiger charge is 2.28. The van der Waals surface area contributed by atoms with Crippen molar-refractivity contribution < 1.29 is 19.4 Å². The average Bonchev–Trinajstić information content (AvgIpc) is 3.09. The van der Waals surface area contributed by atoms with Gasteiger partial charge in [0.2, 0.25) is 6.79 Å². The number of nitrogens with zero attached hydrogens (tertiary/aromatic N) is 1. The van der Waals surface area contributed by atoms with Gasteiger partial charge >= 0.3 is 0 Å². The third kappa shape index (κ3) is 4.44. The summed E-state index contributed by atoms with van der Waals surface area (Å²) in [5, 5.41) is 10.4. The molecule has 1 aromatic carbocycles. The average molecular weight is 348 g/mol. The first-order chi connectivity index (χ1) is 12.0. The van der Waals surface area contributed by atoms with E-state index in [4.69, 9.17) is 15.2 Å². The van der Waals surface area contributed by atoms with E-state index in [1.807, 2.05) is 18.2 Å². The normalized spacial score (nSPS) is 19.5. The van der Waals surface area contributed by atoms with E-state index in [0.29, 0.717) is 30.4 Å². The van der Waals surface area contributed by atoms with Crippen molar-refractivity contribution in [3.63, 3.8) is 0 Å². The number of likely N-dealkylation sites (N-methyl/N-ethyl adjacent to an activating group) is 1. The molecule has 1 fully saturated rings. The molecule has 138 valence electrons. The van der Waals surface area contributed by atoms with Crippen LogP contribution >= 0.6 is 0 Å². The molecule has 2 aliphatic rings. The number of hydrogen-bond donors (Lipinski definition) is 2. The Labute approximate surface area is 148 Å². The van der Waals surface area contributed by atoms with Gasteiger partial charge in [-0.2, -0.15) is 0 Å². The summed E-state index contributed by atoms with van der Waals surface area (Å²) in [7, 11) is 1.68. The number of fused-ring (bicyclic) bond motifs is 1. The number of ether oxygens (including phenoxy) is 2. The van der Waals surface area contributed by atoms with Crippen molar-refractivity contribution in [1.29, 1.82) is 0 Å². The lowest BCUT2D eigenvalue weighted by Gasteiger charge is -2.28. The number of benzene rings is 1. The van der Waals surface area contributed by atoms with Gasteiger partial charge in [0.1, 0.15) is 6.10 Å². The minimum atomic E-state index is -1.15. The second kappa shape index (κ2) is 8.06. The number of carbonyl (C=O) groups is 1. The van der Waals surface area contributed by atoms with Crippen LogP contribution in [0.25, 0.3) is 0 Å². The van der Waals surface area contributed by atoms with E-state index in [2.05, 4.69) is 0 Å². The van der Waals surface area contributed by atoms with Crippen LogP contribution in [0.15, 0.2) is 18.2 Å². The lowest BCUT2D eigenvalue weighted by atomic mass is 9.84. The second-order valence-electron chi connectivity index (χ2n) is 7.23. The fraction of sp³-hybridized carbons (Fsp3) is 0.632. The van der Waals surface area contributed by atoms with Gasteiger partial charge in [0, 0.05) is 19.6 Å². The van der Waals surface area contributed by atoms with Crippen LogP contribution in [-0.2, 0) is 11.3 Å². The largest absolute Gasteiger partial charge is 0.454 e. The molecule has 3 N–H and O–H groups in total. The van der Waals surface area contributed by atoms with E-state index >= 15 is 0 Å². The first-order valence-corrected chi connectivity index (χ1v) is 9.11. The van der Waals surface area contributed by atoms with Gasteiger partial charge in [-0.15, -0.1) is 0 Å². The molecule has 1 aliphatic heterocycles. The highest BCUT2D eigenvalue weighted by molar-refractivity contribution is 5.81. The van der Waals surface area contributed by atoms with E-state index in [1.165, 1.54) is 24.2 Å². The van der Waals surface area contributed by atoms with Crippen molar-refractivity contribution >= 4 is 5.91 Å². The van der Waals surface area contributed by atoms with Gasteiger partial charge in [0.05, 0.1) is 0 Å². The third-order valence-corrected chi connectivity index (χ3v) is 5.22. The summed E-state index contributed by atoms with van der Waals surface area (Å²) in [6.07, 6.45) is 5.61. The molecule has 0 spiro atoms. The van der Waals surface area contributed by atoms with Crippen LogP contribution in [0.4, 0.5) is 0 Å². The second-order valence-corrected chi connectivity index (χ2v) is 7.23. The number of rotatable bonds is 6. The number of aliphatic hydroxyl groups is 1. The quantitative estimate of drug-likeness (QED) is 0.822. The summed E-state index contributed by atoms with van der Waals surface area (Å²) in [6, 6.07) is 5.09. The Hall–Kier alpha value is -1.79. The summed E-state index contributed by atoms with van der Waals surface area (Å²) in [5.74, 6) is 1.60. The van der Waals surface area contributed by atoms with Gasteiger partial charge in [-0.1, -0.05) is 38.2 Å². The topological polar surface area (TPSA) is 85.0 Å². The molecule has 0 radical (unpaired) electrons. The smallest absolute Gasteiger partial charge is 0.253 e. The molecule has 1 heterocycles. The van der Waals surface area contributed by atoms with Crippen LogP contribution in [0.2, 0.25) is 0 Å². The van der Waals surface area contributed by atoms with Crippen molar-refractivity contribution in [2.75, 3.05) is 13.8 Å². The van der Waals surface area contributed by atoms with E-state index < -0.39 is 12.1 Å². The van der Waals surface area contributed by atoms with Crippen LogP contribution in [-0.4, -0.2) is 41.9 Å². The minimum Gasteiger partial charge on any atom is -0.454 e. The molecule has 2 atom stereocenters. The molecule has 3 rings (SSSR count). The van der Waals surface area contributed by atoms with Gasteiger partial charge in [-0.05, 0) is 30.0 Å². The molecule has 6 nitrogen and oxygen atoms in total.